The van der Waals surface area contributed by atoms with Gasteiger partial charge in [0.15, 0.2) is 16.6 Å². The Balaban J connectivity index is 0. The van der Waals surface area contributed by atoms with Crippen molar-refractivity contribution in [3.8, 4) is 0 Å². The van der Waals surface area contributed by atoms with Gasteiger partial charge in [-0.2, -0.15) is 0 Å². The van der Waals surface area contributed by atoms with Crippen molar-refractivity contribution in [1.29, 1.82) is 0 Å². The Kier molecular flexibility index (Phi) is 7.43. The van der Waals surface area contributed by atoms with Crippen molar-refractivity contribution in [1.82, 2.24) is 0 Å². The summed E-state index contributed by atoms with van der Waals surface area (Å²) in [6.45, 7) is 13.7. The number of hydrogen-bond acceptors (Lipinski definition) is 1. The van der Waals surface area contributed by atoms with Gasteiger partial charge in [-0.1, -0.05) is 13.8 Å². The van der Waals surface area contributed by atoms with Crippen LogP contribution in [0, 0.1) is 0 Å². The summed E-state index contributed by atoms with van der Waals surface area (Å²) in [5.74, 6) is 0. The second-order valence-corrected chi connectivity index (χ2v) is 13.7. The third-order valence-electron chi connectivity index (χ3n) is 2.05. The number of rotatable bonds is 4. The minimum atomic E-state index is -1.27. The fraction of sp³-hybridized carbons (Fsp3) is 1.00. The zero-order chi connectivity index (χ0) is 9.12. The van der Waals surface area contributed by atoms with Crippen molar-refractivity contribution >= 4 is 16.6 Å². The van der Waals surface area contributed by atoms with Gasteiger partial charge in [0, 0.05) is 21.1 Å². The largest absolute Gasteiger partial charge is 0.456 e. The van der Waals surface area contributed by atoms with E-state index in [2.05, 4.69) is 40.0 Å². The summed E-state index contributed by atoms with van der Waals surface area (Å²) in [6, 6.07) is 2.52. The summed E-state index contributed by atoms with van der Waals surface area (Å²) in [5, 5.41) is 0. The molecule has 0 saturated heterocycles. The fourth-order valence-corrected chi connectivity index (χ4v) is 8.70. The topological polar surface area (TPSA) is 9.23 Å². The molecule has 0 bridgehead atoms. The minimum absolute atomic E-state index is 0. The van der Waals surface area contributed by atoms with Crippen LogP contribution in [0.3, 0.4) is 0 Å². The third-order valence-corrected chi connectivity index (χ3v) is 9.46. The molecule has 0 aromatic carbocycles. The Morgan fingerprint density at radius 1 is 0.917 bits per heavy atom. The average molecular weight is 386 g/mol. The maximum absolute atomic E-state index is 6.20. The molecule has 0 spiro atoms. The molecular formula is C8H22OPtSi2. The minimum Gasteiger partial charge on any atom is -0.456 e. The summed E-state index contributed by atoms with van der Waals surface area (Å²) < 4.78 is 6.20. The van der Waals surface area contributed by atoms with Gasteiger partial charge in [0.05, 0.1) is 0 Å². The molecule has 0 atom stereocenters. The van der Waals surface area contributed by atoms with Crippen LogP contribution in [0.4, 0.5) is 0 Å². The van der Waals surface area contributed by atoms with Gasteiger partial charge in [0.1, 0.15) is 0 Å². The van der Waals surface area contributed by atoms with E-state index in [-0.39, 0.29) is 21.1 Å². The maximum Gasteiger partial charge on any atom is 0.175 e. The first kappa shape index (κ1) is 15.5. The monoisotopic (exact) mass is 385 g/mol. The molecule has 78 valence electrons. The summed E-state index contributed by atoms with van der Waals surface area (Å²) in [5.41, 5.74) is 0. The van der Waals surface area contributed by atoms with E-state index in [0.717, 1.165) is 0 Å². The van der Waals surface area contributed by atoms with Crippen molar-refractivity contribution < 1.29 is 25.2 Å². The molecule has 0 N–H and O–H groups in total. The molecule has 0 unspecified atom stereocenters. The second-order valence-electron chi connectivity index (χ2n) is 4.37. The van der Waals surface area contributed by atoms with Crippen LogP contribution in [0.2, 0.25) is 38.3 Å². The van der Waals surface area contributed by atoms with Crippen LogP contribution in [0.15, 0.2) is 0 Å². The van der Waals surface area contributed by atoms with Crippen LogP contribution in [-0.2, 0) is 25.2 Å². The van der Waals surface area contributed by atoms with Gasteiger partial charge in [-0.15, -0.1) is 0 Å². The van der Waals surface area contributed by atoms with E-state index in [4.69, 9.17) is 4.12 Å². The van der Waals surface area contributed by atoms with Gasteiger partial charge in [-0.3, -0.25) is 0 Å². The Morgan fingerprint density at radius 3 is 1.33 bits per heavy atom. The van der Waals surface area contributed by atoms with E-state index in [9.17, 15) is 0 Å². The van der Waals surface area contributed by atoms with Gasteiger partial charge < -0.3 is 4.12 Å². The first-order chi connectivity index (χ1) is 4.83. The molecule has 0 aliphatic carbocycles. The molecule has 0 fully saturated rings. The standard InChI is InChI=1S/C8H22OSi2.Pt/c1-7-11(6,8-2)9-10(3,4)5;/h7-8H2,1-6H3;. The molecule has 0 aliphatic heterocycles. The van der Waals surface area contributed by atoms with Crippen molar-refractivity contribution in [3.05, 3.63) is 0 Å². The van der Waals surface area contributed by atoms with Crippen molar-refractivity contribution in [2.75, 3.05) is 0 Å². The van der Waals surface area contributed by atoms with Crippen LogP contribution < -0.4 is 0 Å². The molecule has 1 nitrogen and oxygen atoms in total. The zero-order valence-corrected chi connectivity index (χ0v) is 13.4. The van der Waals surface area contributed by atoms with E-state index in [1.807, 2.05) is 0 Å². The van der Waals surface area contributed by atoms with Gasteiger partial charge in [0.25, 0.3) is 0 Å². The number of hydrogen-bond donors (Lipinski definition) is 0. The Morgan fingerprint density at radius 2 is 1.25 bits per heavy atom. The SMILES string of the molecule is CC[Si](C)(CC)O[Si](C)(C)C.[Pt]. The maximum atomic E-state index is 6.20. The average Bonchev–Trinajstić information content (AvgIpc) is 1.84. The van der Waals surface area contributed by atoms with Crippen LogP contribution in [0.25, 0.3) is 0 Å². The van der Waals surface area contributed by atoms with Crippen LogP contribution in [-0.4, -0.2) is 16.6 Å². The smallest absolute Gasteiger partial charge is 0.175 e. The van der Waals surface area contributed by atoms with Crippen molar-refractivity contribution in [2.45, 2.75) is 52.1 Å². The van der Waals surface area contributed by atoms with Gasteiger partial charge >= 0.3 is 0 Å². The van der Waals surface area contributed by atoms with E-state index >= 15 is 0 Å². The first-order valence-electron chi connectivity index (χ1n) is 4.53. The van der Waals surface area contributed by atoms with Gasteiger partial charge in [-0.25, -0.2) is 0 Å². The Bertz CT molecular complexity index is 119. The third kappa shape index (κ3) is 6.58. The van der Waals surface area contributed by atoms with Crippen LogP contribution >= 0.6 is 0 Å². The Hall–Kier alpha value is 1.08. The van der Waals surface area contributed by atoms with Gasteiger partial charge in [-0.05, 0) is 38.3 Å². The molecular weight excluding hydrogens is 363 g/mol. The molecule has 0 aromatic heterocycles. The molecule has 0 radical (unpaired) electrons. The van der Waals surface area contributed by atoms with E-state index in [0.29, 0.717) is 0 Å². The quantitative estimate of drug-likeness (QED) is 0.674. The molecule has 0 rings (SSSR count). The van der Waals surface area contributed by atoms with Crippen LogP contribution in [0.5, 0.6) is 0 Å². The molecule has 0 aliphatic rings. The molecule has 0 aromatic rings. The van der Waals surface area contributed by atoms with Crippen LogP contribution in [0.1, 0.15) is 13.8 Å². The Labute approximate surface area is 93.8 Å². The fourth-order valence-electron chi connectivity index (χ4n) is 1.13. The zero-order valence-electron chi connectivity index (χ0n) is 9.14. The van der Waals surface area contributed by atoms with Gasteiger partial charge in [0.2, 0.25) is 0 Å². The van der Waals surface area contributed by atoms with E-state index in [1.165, 1.54) is 12.1 Å². The van der Waals surface area contributed by atoms with Crippen molar-refractivity contribution in [3.63, 3.8) is 0 Å². The first-order valence-corrected chi connectivity index (χ1v) is 10.8. The van der Waals surface area contributed by atoms with E-state index in [1.54, 1.807) is 0 Å². The molecule has 4 heteroatoms. The predicted molar refractivity (Wildman–Crippen MR) is 57.0 cm³/mol. The molecule has 0 amide bonds. The summed E-state index contributed by atoms with van der Waals surface area (Å²) >= 11 is 0. The molecule has 0 heterocycles. The molecule has 12 heavy (non-hydrogen) atoms. The second kappa shape index (κ2) is 5.74. The molecule has 0 saturated carbocycles. The normalized spacial score (nSPS) is 12.5. The summed E-state index contributed by atoms with van der Waals surface area (Å²) in [7, 11) is -2.54. The summed E-state index contributed by atoms with van der Waals surface area (Å²) in [6.07, 6.45) is 0. The predicted octanol–water partition coefficient (Wildman–Crippen LogP) is 3.45. The van der Waals surface area contributed by atoms with Crippen molar-refractivity contribution in [2.24, 2.45) is 0 Å². The summed E-state index contributed by atoms with van der Waals surface area (Å²) in [4.78, 5) is 0. The van der Waals surface area contributed by atoms with E-state index < -0.39 is 16.6 Å².